The zero-order chi connectivity index (χ0) is 22.7. The third-order valence-corrected chi connectivity index (χ3v) is 7.73. The van der Waals surface area contributed by atoms with Crippen LogP contribution < -0.4 is 10.5 Å². The maximum absolute atomic E-state index is 13.2. The van der Waals surface area contributed by atoms with Crippen LogP contribution in [-0.4, -0.2) is 44.0 Å². The fraction of sp³-hybridized carbons (Fsp3) is 0.520. The number of hydrogen-bond donors (Lipinski definition) is 0. The molecule has 6 rings (SSSR count). The summed E-state index contributed by atoms with van der Waals surface area (Å²) in [5.74, 6) is 1.53. The first kappa shape index (κ1) is 20.6. The van der Waals surface area contributed by atoms with Crippen molar-refractivity contribution in [3.05, 3.63) is 52.0 Å². The molecule has 172 valence electrons. The Bertz CT molecular complexity index is 1330. The molecule has 1 spiro atoms. The van der Waals surface area contributed by atoms with E-state index >= 15 is 0 Å². The van der Waals surface area contributed by atoms with E-state index in [0.29, 0.717) is 29.8 Å². The van der Waals surface area contributed by atoms with Gasteiger partial charge in [-0.15, -0.1) is 0 Å². The summed E-state index contributed by atoms with van der Waals surface area (Å²) in [5, 5.41) is 4.93. The highest BCUT2D eigenvalue weighted by Gasteiger charge is 2.43. The molecule has 0 radical (unpaired) electrons. The summed E-state index contributed by atoms with van der Waals surface area (Å²) in [7, 11) is 3.70. The summed E-state index contributed by atoms with van der Waals surface area (Å²) in [6.45, 7) is 3.89. The number of aromatic nitrogens is 5. The molecular weight excluding hydrogens is 416 g/mol. The molecule has 3 aromatic rings. The van der Waals surface area contributed by atoms with Crippen molar-refractivity contribution in [1.29, 1.82) is 0 Å². The van der Waals surface area contributed by atoms with E-state index < -0.39 is 0 Å². The topological polar surface area (TPSA) is 78.1 Å². The van der Waals surface area contributed by atoms with Crippen molar-refractivity contribution in [2.75, 3.05) is 24.6 Å². The van der Waals surface area contributed by atoms with Crippen molar-refractivity contribution in [2.24, 2.45) is 19.5 Å². The van der Waals surface area contributed by atoms with E-state index in [4.69, 9.17) is 14.7 Å². The van der Waals surface area contributed by atoms with E-state index in [1.54, 1.807) is 16.3 Å². The van der Waals surface area contributed by atoms with E-state index in [1.807, 2.05) is 32.4 Å². The zero-order valence-electron chi connectivity index (χ0n) is 19.5. The lowest BCUT2D eigenvalue weighted by Crippen LogP contribution is -2.39. The molecule has 0 aromatic carbocycles. The Labute approximate surface area is 192 Å². The number of ether oxygens (including phenoxy) is 1. The first-order chi connectivity index (χ1) is 15.9. The van der Waals surface area contributed by atoms with Gasteiger partial charge in [0.15, 0.2) is 0 Å². The lowest BCUT2D eigenvalue weighted by molar-refractivity contribution is 0.0395. The van der Waals surface area contributed by atoms with Crippen LogP contribution in [-0.2, 0) is 18.8 Å². The molecule has 1 atom stereocenters. The molecular formula is C25H30N6O2. The molecule has 0 unspecified atom stereocenters. The molecule has 1 saturated carbocycles. The SMILES string of the molecule is Cc1nc2c(C3=CCC4(CC3)CC4)nc(N3CCO[C@H](c4cnn(C)c4)C3)cc2c(=O)n1C. The number of aryl methyl sites for hydroxylation is 2. The highest BCUT2D eigenvalue weighted by atomic mass is 16.5. The molecule has 0 bridgehead atoms. The number of allylic oxidation sites excluding steroid dienone is 2. The van der Waals surface area contributed by atoms with Gasteiger partial charge in [0.05, 0.1) is 23.9 Å². The minimum atomic E-state index is -0.0732. The molecule has 4 heterocycles. The Hall–Kier alpha value is -3.00. The van der Waals surface area contributed by atoms with Gasteiger partial charge in [0, 0.05) is 38.9 Å². The molecule has 8 nitrogen and oxygen atoms in total. The molecule has 8 heteroatoms. The molecule has 3 aliphatic rings. The maximum atomic E-state index is 13.2. The number of anilines is 1. The van der Waals surface area contributed by atoms with Gasteiger partial charge in [0.2, 0.25) is 0 Å². The third kappa shape index (κ3) is 3.57. The molecule has 0 amide bonds. The second kappa shape index (κ2) is 7.52. The van der Waals surface area contributed by atoms with E-state index in [1.165, 1.54) is 24.8 Å². The quantitative estimate of drug-likeness (QED) is 0.614. The Morgan fingerprint density at radius 1 is 1.18 bits per heavy atom. The van der Waals surface area contributed by atoms with Crippen LogP contribution in [0.4, 0.5) is 5.82 Å². The van der Waals surface area contributed by atoms with Crippen molar-refractivity contribution in [3.63, 3.8) is 0 Å². The van der Waals surface area contributed by atoms with Crippen molar-refractivity contribution in [1.82, 2.24) is 24.3 Å². The second-order valence-corrected chi connectivity index (χ2v) is 9.93. The highest BCUT2D eigenvalue weighted by molar-refractivity contribution is 5.91. The Kier molecular flexibility index (Phi) is 4.69. The Morgan fingerprint density at radius 2 is 2.03 bits per heavy atom. The molecule has 0 N–H and O–H groups in total. The van der Waals surface area contributed by atoms with Crippen molar-refractivity contribution in [2.45, 2.75) is 45.1 Å². The smallest absolute Gasteiger partial charge is 0.261 e. The van der Waals surface area contributed by atoms with Crippen LogP contribution in [0.1, 0.15) is 55.3 Å². The lowest BCUT2D eigenvalue weighted by atomic mass is 9.85. The summed E-state index contributed by atoms with van der Waals surface area (Å²) in [5.41, 5.74) is 4.42. The van der Waals surface area contributed by atoms with Crippen LogP contribution in [0.3, 0.4) is 0 Å². The van der Waals surface area contributed by atoms with E-state index in [2.05, 4.69) is 16.1 Å². The average molecular weight is 447 g/mol. The van der Waals surface area contributed by atoms with Gasteiger partial charge in [-0.2, -0.15) is 5.10 Å². The Morgan fingerprint density at radius 3 is 2.73 bits per heavy atom. The van der Waals surface area contributed by atoms with Gasteiger partial charge >= 0.3 is 0 Å². The van der Waals surface area contributed by atoms with Gasteiger partial charge in [-0.3, -0.25) is 14.0 Å². The lowest BCUT2D eigenvalue weighted by Gasteiger charge is -2.34. The normalized spacial score (nSPS) is 22.1. The van der Waals surface area contributed by atoms with Gasteiger partial charge in [-0.1, -0.05) is 6.08 Å². The van der Waals surface area contributed by atoms with Crippen LogP contribution in [0.25, 0.3) is 16.5 Å². The van der Waals surface area contributed by atoms with E-state index in [0.717, 1.165) is 42.0 Å². The fourth-order valence-corrected chi connectivity index (χ4v) is 5.21. The minimum Gasteiger partial charge on any atom is -0.370 e. The summed E-state index contributed by atoms with van der Waals surface area (Å²) < 4.78 is 9.46. The number of rotatable bonds is 3. The fourth-order valence-electron chi connectivity index (χ4n) is 5.21. The molecule has 33 heavy (non-hydrogen) atoms. The molecule has 1 saturated heterocycles. The van der Waals surface area contributed by atoms with Crippen LogP contribution in [0.15, 0.2) is 29.3 Å². The first-order valence-corrected chi connectivity index (χ1v) is 11.9. The second-order valence-electron chi connectivity index (χ2n) is 9.93. The Balaban J connectivity index is 1.44. The van der Waals surface area contributed by atoms with Gasteiger partial charge in [0.1, 0.15) is 23.3 Å². The highest BCUT2D eigenvalue weighted by Crippen LogP contribution is 2.56. The number of pyridine rings is 1. The van der Waals surface area contributed by atoms with Crippen LogP contribution >= 0.6 is 0 Å². The molecule has 2 fully saturated rings. The summed E-state index contributed by atoms with van der Waals surface area (Å²) in [6.07, 6.45) is 12.1. The van der Waals surface area contributed by atoms with Crippen LogP contribution in [0, 0.1) is 12.3 Å². The summed E-state index contributed by atoms with van der Waals surface area (Å²) in [6, 6.07) is 1.92. The predicted molar refractivity (Wildman–Crippen MR) is 127 cm³/mol. The number of fused-ring (bicyclic) bond motifs is 1. The maximum Gasteiger partial charge on any atom is 0.261 e. The minimum absolute atomic E-state index is 0.0189. The van der Waals surface area contributed by atoms with E-state index in [9.17, 15) is 4.79 Å². The van der Waals surface area contributed by atoms with Gasteiger partial charge in [-0.05, 0) is 56.1 Å². The zero-order valence-corrected chi connectivity index (χ0v) is 19.5. The first-order valence-electron chi connectivity index (χ1n) is 11.9. The van der Waals surface area contributed by atoms with Gasteiger partial charge in [0.25, 0.3) is 5.56 Å². The van der Waals surface area contributed by atoms with Crippen molar-refractivity contribution < 1.29 is 4.74 Å². The average Bonchev–Trinajstić information content (AvgIpc) is 3.44. The molecule has 3 aromatic heterocycles. The molecule has 2 aliphatic carbocycles. The standard InChI is InChI=1S/C25H30N6O2/c1-16-27-23-19(24(32)30(16)3)12-21(28-22(23)17-4-6-25(7-5-17)8-9-25)31-10-11-33-20(15-31)18-13-26-29(2)14-18/h4,12-14,20H,5-11,15H2,1-3H3/t20-/m0/s1. The largest absolute Gasteiger partial charge is 0.370 e. The molecule has 1 aliphatic heterocycles. The third-order valence-electron chi connectivity index (χ3n) is 7.73. The monoisotopic (exact) mass is 446 g/mol. The summed E-state index contributed by atoms with van der Waals surface area (Å²) >= 11 is 0. The number of morpholine rings is 1. The van der Waals surface area contributed by atoms with Crippen molar-refractivity contribution in [3.8, 4) is 0 Å². The van der Waals surface area contributed by atoms with Crippen LogP contribution in [0.2, 0.25) is 0 Å². The van der Waals surface area contributed by atoms with Gasteiger partial charge in [-0.25, -0.2) is 9.97 Å². The van der Waals surface area contributed by atoms with Crippen LogP contribution in [0.5, 0.6) is 0 Å². The number of hydrogen-bond acceptors (Lipinski definition) is 6. The van der Waals surface area contributed by atoms with Gasteiger partial charge < -0.3 is 9.64 Å². The van der Waals surface area contributed by atoms with Crippen molar-refractivity contribution >= 4 is 22.3 Å². The summed E-state index contributed by atoms with van der Waals surface area (Å²) in [4.78, 5) is 25.4. The number of nitrogens with zero attached hydrogens (tertiary/aromatic N) is 6. The van der Waals surface area contributed by atoms with E-state index in [-0.39, 0.29) is 11.7 Å². The predicted octanol–water partition coefficient (Wildman–Crippen LogP) is 3.30.